The molecule has 198 valence electrons. The third-order valence-electron chi connectivity index (χ3n) is 7.40. The molecule has 2 aliphatic rings. The molecule has 1 aliphatic heterocycles. The number of methoxy groups -OCH3 is 1. The van der Waals surface area contributed by atoms with Crippen LogP contribution in [0.2, 0.25) is 0 Å². The first kappa shape index (κ1) is 24.4. The zero-order chi connectivity index (χ0) is 26.8. The van der Waals surface area contributed by atoms with Gasteiger partial charge in [-0.1, -0.05) is 6.92 Å². The summed E-state index contributed by atoms with van der Waals surface area (Å²) in [6.45, 7) is 3.59. The van der Waals surface area contributed by atoms with Gasteiger partial charge in [0.25, 0.3) is 0 Å². The highest BCUT2D eigenvalue weighted by atomic mass is 19.4. The van der Waals surface area contributed by atoms with E-state index in [0.717, 1.165) is 53.8 Å². The summed E-state index contributed by atoms with van der Waals surface area (Å²) in [5.74, 6) is 1.41. The fourth-order valence-electron chi connectivity index (χ4n) is 5.54. The number of hydrogen-bond donors (Lipinski definition) is 0. The van der Waals surface area contributed by atoms with E-state index < -0.39 is 11.9 Å². The van der Waals surface area contributed by atoms with E-state index in [1.165, 1.54) is 10.3 Å². The van der Waals surface area contributed by atoms with Gasteiger partial charge >= 0.3 is 6.18 Å². The van der Waals surface area contributed by atoms with Crippen LogP contribution in [0, 0.1) is 0 Å². The lowest BCUT2D eigenvalue weighted by Crippen LogP contribution is -2.33. The highest BCUT2D eigenvalue weighted by Gasteiger charge is 2.36. The Hall–Kier alpha value is -3.89. The Balaban J connectivity index is 1.35. The van der Waals surface area contributed by atoms with Crippen LogP contribution in [0.25, 0.3) is 22.6 Å². The predicted octanol–water partition coefficient (Wildman–Crippen LogP) is 5.31. The van der Waals surface area contributed by atoms with Gasteiger partial charge in [-0.2, -0.15) is 18.3 Å². The second kappa shape index (κ2) is 8.85. The van der Waals surface area contributed by atoms with Crippen molar-refractivity contribution >= 4 is 5.69 Å². The molecule has 11 heteroatoms. The lowest BCUT2D eigenvalue weighted by atomic mass is 9.93. The van der Waals surface area contributed by atoms with Gasteiger partial charge in [0.15, 0.2) is 5.69 Å². The van der Waals surface area contributed by atoms with Crippen molar-refractivity contribution in [2.75, 3.05) is 18.6 Å². The molecular weight excluding hydrogens is 495 g/mol. The normalized spacial score (nSPS) is 17.6. The number of rotatable bonds is 5. The van der Waals surface area contributed by atoms with Crippen LogP contribution >= 0.6 is 0 Å². The van der Waals surface area contributed by atoms with Crippen LogP contribution in [0.15, 0.2) is 36.8 Å². The molecule has 6 rings (SSSR count). The van der Waals surface area contributed by atoms with Gasteiger partial charge in [0.1, 0.15) is 17.8 Å². The topological polar surface area (TPSA) is 73.9 Å². The number of fused-ring (bicyclic) bond motifs is 1. The second-order valence-corrected chi connectivity index (χ2v) is 10.1. The molecule has 4 aromatic rings. The summed E-state index contributed by atoms with van der Waals surface area (Å²) in [7, 11) is 5.16. The van der Waals surface area contributed by atoms with Crippen molar-refractivity contribution in [3.8, 4) is 28.5 Å². The van der Waals surface area contributed by atoms with Gasteiger partial charge in [0, 0.05) is 67.7 Å². The monoisotopic (exact) mass is 523 g/mol. The number of aromatic nitrogens is 6. The fraction of sp³-hybridized carbons (Fsp3) is 0.407. The molecule has 0 amide bonds. The Bertz CT molecular complexity index is 1500. The molecule has 38 heavy (non-hydrogen) atoms. The SMILES string of the molecule is COc1ncnc(C2CC2)c1-c1nn(C)c2c1CN(c1ccc(-c3nc(C(F)(F)F)cn3C)cc1)CC2C. The smallest absolute Gasteiger partial charge is 0.434 e. The van der Waals surface area contributed by atoms with E-state index in [0.29, 0.717) is 23.9 Å². The van der Waals surface area contributed by atoms with Gasteiger partial charge < -0.3 is 14.2 Å². The maximum absolute atomic E-state index is 13.1. The number of hydrogen-bond acceptors (Lipinski definition) is 6. The van der Waals surface area contributed by atoms with E-state index in [9.17, 15) is 13.2 Å². The maximum atomic E-state index is 13.1. The summed E-state index contributed by atoms with van der Waals surface area (Å²) in [6, 6.07) is 7.52. The molecule has 1 saturated carbocycles. The molecule has 0 bridgehead atoms. The maximum Gasteiger partial charge on any atom is 0.434 e. The summed E-state index contributed by atoms with van der Waals surface area (Å²) in [6.07, 6.45) is 0.277. The summed E-state index contributed by atoms with van der Waals surface area (Å²) in [5, 5.41) is 4.93. The molecule has 1 aliphatic carbocycles. The van der Waals surface area contributed by atoms with Crippen molar-refractivity contribution in [1.29, 1.82) is 0 Å². The molecule has 0 N–H and O–H groups in total. The average molecular weight is 524 g/mol. The van der Waals surface area contributed by atoms with E-state index >= 15 is 0 Å². The van der Waals surface area contributed by atoms with Crippen LogP contribution in [0.5, 0.6) is 5.88 Å². The number of nitrogens with zero attached hydrogens (tertiary/aromatic N) is 7. The van der Waals surface area contributed by atoms with Gasteiger partial charge in [-0.15, -0.1) is 0 Å². The number of alkyl halides is 3. The van der Waals surface area contributed by atoms with Crippen LogP contribution in [0.3, 0.4) is 0 Å². The minimum absolute atomic E-state index is 0.202. The minimum Gasteiger partial charge on any atom is -0.480 e. The van der Waals surface area contributed by atoms with Crippen molar-refractivity contribution in [2.24, 2.45) is 14.1 Å². The van der Waals surface area contributed by atoms with Crippen molar-refractivity contribution < 1.29 is 17.9 Å². The Morgan fingerprint density at radius 3 is 2.42 bits per heavy atom. The van der Waals surface area contributed by atoms with E-state index in [1.807, 2.05) is 36.0 Å². The molecule has 0 spiro atoms. The van der Waals surface area contributed by atoms with Crippen molar-refractivity contribution in [2.45, 2.75) is 44.3 Å². The van der Waals surface area contributed by atoms with Crippen LogP contribution in [0.1, 0.15) is 54.2 Å². The summed E-state index contributed by atoms with van der Waals surface area (Å²) in [4.78, 5) is 15.1. The molecule has 3 aromatic heterocycles. The van der Waals surface area contributed by atoms with Crippen molar-refractivity contribution in [3.05, 3.63) is 59.4 Å². The number of aryl methyl sites for hydroxylation is 2. The van der Waals surface area contributed by atoms with Gasteiger partial charge in [0.05, 0.1) is 18.4 Å². The van der Waals surface area contributed by atoms with Crippen molar-refractivity contribution in [3.63, 3.8) is 0 Å². The lowest BCUT2D eigenvalue weighted by Gasteiger charge is -2.33. The third kappa shape index (κ3) is 4.10. The van der Waals surface area contributed by atoms with Crippen LogP contribution in [-0.2, 0) is 26.8 Å². The van der Waals surface area contributed by atoms with Gasteiger partial charge in [0.2, 0.25) is 5.88 Å². The molecule has 1 aromatic carbocycles. The number of halogens is 3. The largest absolute Gasteiger partial charge is 0.480 e. The molecule has 1 atom stereocenters. The Labute approximate surface area is 218 Å². The zero-order valence-electron chi connectivity index (χ0n) is 21.6. The lowest BCUT2D eigenvalue weighted by molar-refractivity contribution is -0.140. The highest BCUT2D eigenvalue weighted by Crippen LogP contribution is 2.47. The number of benzene rings is 1. The van der Waals surface area contributed by atoms with Gasteiger partial charge in [-0.25, -0.2) is 15.0 Å². The summed E-state index contributed by atoms with van der Waals surface area (Å²) < 4.78 is 48.4. The summed E-state index contributed by atoms with van der Waals surface area (Å²) in [5.41, 5.74) is 5.70. The highest BCUT2D eigenvalue weighted by molar-refractivity contribution is 5.74. The van der Waals surface area contributed by atoms with Crippen LogP contribution in [-0.4, -0.2) is 43.0 Å². The van der Waals surface area contributed by atoms with E-state index in [-0.39, 0.29) is 11.7 Å². The molecule has 8 nitrogen and oxygen atoms in total. The Morgan fingerprint density at radius 1 is 1.05 bits per heavy atom. The zero-order valence-corrected chi connectivity index (χ0v) is 21.6. The molecule has 0 saturated heterocycles. The summed E-state index contributed by atoms with van der Waals surface area (Å²) >= 11 is 0. The number of ether oxygens (including phenoxy) is 1. The molecule has 1 unspecified atom stereocenters. The molecule has 1 fully saturated rings. The standard InChI is InChI=1S/C27H28F3N7O/c1-15-11-37(18-9-7-17(8-10-18)25-33-20(13-35(25)2)27(28,29)30)12-19-23(34-36(3)24(15)19)21-22(16-5-6-16)31-14-32-26(21)38-4/h7-10,13-16H,5-6,11-12H2,1-4H3. The van der Waals surface area contributed by atoms with Crippen molar-refractivity contribution in [1.82, 2.24) is 29.3 Å². The van der Waals surface area contributed by atoms with E-state index in [2.05, 4.69) is 26.8 Å². The predicted molar refractivity (Wildman–Crippen MR) is 136 cm³/mol. The Morgan fingerprint density at radius 2 is 1.79 bits per heavy atom. The van der Waals surface area contributed by atoms with Crippen LogP contribution in [0.4, 0.5) is 18.9 Å². The molecule has 0 radical (unpaired) electrons. The van der Waals surface area contributed by atoms with Gasteiger partial charge in [-0.3, -0.25) is 4.68 Å². The number of imidazole rings is 1. The minimum atomic E-state index is -4.48. The Kier molecular flexibility index (Phi) is 5.69. The van der Waals surface area contributed by atoms with Crippen LogP contribution < -0.4 is 9.64 Å². The molecular formula is C27H28F3N7O. The van der Waals surface area contributed by atoms with Gasteiger partial charge in [-0.05, 0) is 37.1 Å². The quantitative estimate of drug-likeness (QED) is 0.353. The van der Waals surface area contributed by atoms with E-state index in [4.69, 9.17) is 9.84 Å². The fourth-order valence-corrected chi connectivity index (χ4v) is 5.54. The molecule has 4 heterocycles. The number of anilines is 1. The van der Waals surface area contributed by atoms with E-state index in [1.54, 1.807) is 20.5 Å². The average Bonchev–Trinajstić information content (AvgIpc) is 3.58. The first-order chi connectivity index (χ1) is 18.2. The third-order valence-corrected chi connectivity index (χ3v) is 7.40. The second-order valence-electron chi connectivity index (χ2n) is 10.1. The first-order valence-electron chi connectivity index (χ1n) is 12.6. The first-order valence-corrected chi connectivity index (χ1v) is 12.6.